The van der Waals surface area contributed by atoms with Crippen LogP contribution in [0.2, 0.25) is 0 Å². The first kappa shape index (κ1) is 26.0. The van der Waals surface area contributed by atoms with E-state index in [2.05, 4.69) is 10.6 Å². The Morgan fingerprint density at radius 2 is 1.91 bits per heavy atom. The fourth-order valence-corrected chi connectivity index (χ4v) is 7.84. The number of nitrogens with one attached hydrogen (secondary N) is 2. The van der Waals surface area contributed by atoms with Gasteiger partial charge in [-0.25, -0.2) is 4.79 Å². The van der Waals surface area contributed by atoms with Crippen molar-refractivity contribution in [2.24, 2.45) is 11.8 Å². The van der Waals surface area contributed by atoms with Crippen molar-refractivity contribution in [1.82, 2.24) is 20.4 Å². The smallest absolute Gasteiger partial charge is 0.353 e. The maximum absolute atomic E-state index is 12.8. The first-order chi connectivity index (χ1) is 16.5. The molecule has 3 N–H and O–H groups in total. The minimum Gasteiger partial charge on any atom is -0.477 e. The Bertz CT molecular complexity index is 985. The molecule has 35 heavy (non-hydrogen) atoms. The van der Waals surface area contributed by atoms with Gasteiger partial charge in [-0.05, 0) is 13.3 Å². The van der Waals surface area contributed by atoms with Crippen LogP contribution in [0.1, 0.15) is 20.3 Å². The second kappa shape index (κ2) is 10.1. The van der Waals surface area contributed by atoms with Crippen molar-refractivity contribution in [1.29, 1.82) is 0 Å². The summed E-state index contributed by atoms with van der Waals surface area (Å²) in [6.07, 6.45) is -2.73. The van der Waals surface area contributed by atoms with Gasteiger partial charge in [-0.3, -0.25) is 18.6 Å². The van der Waals surface area contributed by atoms with Crippen LogP contribution in [-0.2, 0) is 30.0 Å². The highest BCUT2D eigenvalue weighted by atomic mass is 32.2. The monoisotopic (exact) mass is 534 g/mol. The molecule has 0 saturated carbocycles. The van der Waals surface area contributed by atoms with Crippen LogP contribution in [-0.4, -0.2) is 104 Å². The Labute approximate surface area is 207 Å². The average Bonchev–Trinajstić information content (AvgIpc) is 3.35. The molecule has 14 heteroatoms. The molecule has 4 heterocycles. The molecule has 0 aromatic heterocycles. The van der Waals surface area contributed by atoms with Crippen LogP contribution in [0.25, 0.3) is 0 Å². The third-order valence-corrected chi connectivity index (χ3v) is 9.86. The summed E-state index contributed by atoms with van der Waals surface area (Å²) >= 11 is 1.33. The average molecular weight is 535 g/mol. The highest BCUT2D eigenvalue weighted by Gasteiger charge is 2.60. The number of fused-ring (bicyclic) bond motifs is 1. The minimum atomic E-state index is -3.21. The Hall–Kier alpha value is -2.06. The number of alkyl halides is 2. The van der Waals surface area contributed by atoms with E-state index in [4.69, 9.17) is 0 Å². The van der Waals surface area contributed by atoms with Crippen molar-refractivity contribution in [3.8, 4) is 0 Å². The van der Waals surface area contributed by atoms with Gasteiger partial charge in [0.1, 0.15) is 5.70 Å². The van der Waals surface area contributed by atoms with Crippen LogP contribution in [0, 0.1) is 11.8 Å². The van der Waals surface area contributed by atoms with Crippen LogP contribution >= 0.6 is 11.8 Å². The lowest BCUT2D eigenvalue weighted by atomic mass is 9.78. The lowest BCUT2D eigenvalue weighted by Crippen LogP contribution is -2.66. The molecule has 0 aromatic carbocycles. The summed E-state index contributed by atoms with van der Waals surface area (Å²) in [5, 5.41) is 15.1. The molecule has 0 bridgehead atoms. The van der Waals surface area contributed by atoms with Crippen molar-refractivity contribution in [3.05, 3.63) is 10.6 Å². The highest BCUT2D eigenvalue weighted by molar-refractivity contribution is 8.03. The Morgan fingerprint density at radius 1 is 1.26 bits per heavy atom. The van der Waals surface area contributed by atoms with E-state index in [1.54, 1.807) is 11.8 Å². The molecule has 4 rings (SSSR count). The van der Waals surface area contributed by atoms with Gasteiger partial charge in [-0.1, -0.05) is 6.92 Å². The van der Waals surface area contributed by atoms with Gasteiger partial charge < -0.3 is 25.5 Å². The Morgan fingerprint density at radius 3 is 2.51 bits per heavy atom. The molecule has 4 aliphatic rings. The summed E-state index contributed by atoms with van der Waals surface area (Å²) in [6, 6.07) is -1.84. The number of carbonyl (C=O) groups is 4. The fourth-order valence-electron chi connectivity index (χ4n) is 5.31. The van der Waals surface area contributed by atoms with Crippen LogP contribution in [0.5, 0.6) is 0 Å². The number of carboxylic acid groups (broad SMARTS) is 1. The molecule has 10 nitrogen and oxygen atoms in total. The molecule has 0 aliphatic carbocycles. The molecule has 3 fully saturated rings. The summed E-state index contributed by atoms with van der Waals surface area (Å²) in [4.78, 5) is 52.6. The molecule has 0 aromatic rings. The molecule has 194 valence electrons. The number of β-lactam (4-membered cyclic amide) rings is 1. The van der Waals surface area contributed by atoms with Gasteiger partial charge in [0.2, 0.25) is 11.8 Å². The number of rotatable bonds is 7. The molecule has 0 radical (unpaired) electrons. The molecule has 3 amide bonds. The number of hydrogen-bond acceptors (Lipinski definition) is 7. The van der Waals surface area contributed by atoms with Crippen molar-refractivity contribution in [3.63, 3.8) is 0 Å². The largest absolute Gasteiger partial charge is 0.477 e. The summed E-state index contributed by atoms with van der Waals surface area (Å²) in [5.74, 6) is -3.54. The van der Waals surface area contributed by atoms with Crippen molar-refractivity contribution in [2.45, 2.75) is 50.1 Å². The number of hydrogen-bond donors (Lipinski definition) is 3. The number of halogens is 2. The quantitative estimate of drug-likeness (QED) is 0.375. The molecule has 6 atom stereocenters. The molecular formula is C21H28F2N4O6S2. The standard InChI is InChI=1S/C21H28F2N4O6S2/c1-9-14-13(10(2)25-18(28)17(22)23)20(30)27(14)15(21(31)32)16(9)34-11-7-12(24-8-11)19(29)26-3-5-35(33)6-4-26/h9-14,17,24H,3-8H2,1-2H3,(H,25,28)(H,31,32)/t9-,10-,11+,12+,13-,14-/m1/s1. The summed E-state index contributed by atoms with van der Waals surface area (Å²) in [5.41, 5.74) is -0.116. The normalized spacial score (nSPS) is 32.0. The SMILES string of the molecule is C[C@@H](NC(=O)C(F)F)[C@H]1C(=O)N2C(C(=O)O)=C(S[C@@H]3CN[C@H](C(=O)N4CCS(=O)CC4)C3)[C@H](C)[C@H]12. The highest BCUT2D eigenvalue weighted by Crippen LogP contribution is 2.51. The molecular weight excluding hydrogens is 506 g/mol. The number of carboxylic acids is 1. The minimum absolute atomic E-state index is 0.0561. The first-order valence-electron chi connectivity index (χ1n) is 11.4. The van der Waals surface area contributed by atoms with Gasteiger partial charge in [0.25, 0.3) is 5.91 Å². The van der Waals surface area contributed by atoms with Crippen molar-refractivity contribution in [2.75, 3.05) is 31.1 Å². The zero-order valence-electron chi connectivity index (χ0n) is 19.2. The predicted molar refractivity (Wildman–Crippen MR) is 124 cm³/mol. The van der Waals surface area contributed by atoms with E-state index in [-0.39, 0.29) is 22.8 Å². The molecule has 0 spiro atoms. The van der Waals surface area contributed by atoms with E-state index in [1.165, 1.54) is 23.6 Å². The number of aliphatic carboxylic acids is 1. The number of carbonyl (C=O) groups excluding carboxylic acids is 3. The molecule has 4 aliphatic heterocycles. The van der Waals surface area contributed by atoms with E-state index in [9.17, 15) is 37.3 Å². The van der Waals surface area contributed by atoms with Gasteiger partial charge in [0.15, 0.2) is 0 Å². The lowest BCUT2D eigenvalue weighted by Gasteiger charge is -2.47. The van der Waals surface area contributed by atoms with Gasteiger partial charge in [0.05, 0.1) is 18.0 Å². The third-order valence-electron chi connectivity index (χ3n) is 7.07. The van der Waals surface area contributed by atoms with E-state index in [0.29, 0.717) is 42.5 Å². The van der Waals surface area contributed by atoms with Crippen LogP contribution in [0.15, 0.2) is 10.6 Å². The second-order valence-electron chi connectivity index (χ2n) is 9.24. The zero-order chi connectivity index (χ0) is 25.6. The van der Waals surface area contributed by atoms with Crippen LogP contribution in [0.3, 0.4) is 0 Å². The van der Waals surface area contributed by atoms with E-state index < -0.39 is 59.1 Å². The van der Waals surface area contributed by atoms with Crippen molar-refractivity contribution < 1.29 is 37.3 Å². The van der Waals surface area contributed by atoms with E-state index in [0.717, 1.165) is 0 Å². The van der Waals surface area contributed by atoms with Crippen LogP contribution in [0.4, 0.5) is 8.78 Å². The Balaban J connectivity index is 1.43. The van der Waals surface area contributed by atoms with Gasteiger partial charge in [0, 0.05) is 64.1 Å². The first-order valence-corrected chi connectivity index (χ1v) is 13.8. The topological polar surface area (TPSA) is 136 Å². The Kier molecular flexibility index (Phi) is 7.53. The van der Waals surface area contributed by atoms with Gasteiger partial charge in [-0.2, -0.15) is 8.78 Å². The van der Waals surface area contributed by atoms with Gasteiger partial charge >= 0.3 is 12.4 Å². The summed E-state index contributed by atoms with van der Waals surface area (Å²) in [6.45, 7) is 4.63. The van der Waals surface area contributed by atoms with Crippen molar-refractivity contribution >= 4 is 46.3 Å². The lowest BCUT2D eigenvalue weighted by molar-refractivity contribution is -0.159. The third kappa shape index (κ3) is 4.84. The number of thioether (sulfide) groups is 1. The maximum Gasteiger partial charge on any atom is 0.353 e. The summed E-state index contributed by atoms with van der Waals surface area (Å²) in [7, 11) is -0.891. The molecule has 3 saturated heterocycles. The fraction of sp³-hybridized carbons (Fsp3) is 0.714. The maximum atomic E-state index is 12.8. The van der Waals surface area contributed by atoms with E-state index in [1.807, 2.05) is 0 Å². The predicted octanol–water partition coefficient (Wildman–Crippen LogP) is -0.416. The summed E-state index contributed by atoms with van der Waals surface area (Å²) < 4.78 is 36.9. The number of amides is 3. The van der Waals surface area contributed by atoms with Gasteiger partial charge in [-0.15, -0.1) is 11.8 Å². The van der Waals surface area contributed by atoms with E-state index >= 15 is 0 Å². The number of nitrogens with zero attached hydrogens (tertiary/aromatic N) is 2. The van der Waals surface area contributed by atoms with Crippen LogP contribution < -0.4 is 10.6 Å². The second-order valence-corrected chi connectivity index (χ2v) is 12.3. The molecule has 0 unspecified atom stereocenters. The zero-order valence-corrected chi connectivity index (χ0v) is 20.9.